The van der Waals surface area contributed by atoms with Crippen LogP contribution in [0.2, 0.25) is 0 Å². The molecule has 12 heavy (non-hydrogen) atoms. The Morgan fingerprint density at radius 1 is 1.58 bits per heavy atom. The van der Waals surface area contributed by atoms with E-state index in [4.69, 9.17) is 16.7 Å². The van der Waals surface area contributed by atoms with Crippen molar-refractivity contribution in [2.24, 2.45) is 0 Å². The number of aliphatic hydroxyl groups is 1. The zero-order valence-electron chi connectivity index (χ0n) is 6.71. The fourth-order valence-corrected chi connectivity index (χ4v) is 1.21. The molecule has 0 amide bonds. The number of hydrogen-bond acceptors (Lipinski definition) is 3. The number of aliphatic hydroxyl groups excluding tert-OH is 1. The monoisotopic (exact) mass is 187 g/mol. The summed E-state index contributed by atoms with van der Waals surface area (Å²) in [5, 5.41) is 18.3. The van der Waals surface area contributed by atoms with Crippen molar-refractivity contribution >= 4 is 11.6 Å². The number of hydrogen-bond donors (Lipinski definition) is 2. The van der Waals surface area contributed by atoms with Crippen LogP contribution in [0, 0.1) is 6.92 Å². The van der Waals surface area contributed by atoms with Gasteiger partial charge in [0.1, 0.15) is 5.75 Å². The first kappa shape index (κ1) is 9.29. The summed E-state index contributed by atoms with van der Waals surface area (Å²) in [7, 11) is 0. The van der Waals surface area contributed by atoms with Gasteiger partial charge in [0.05, 0.1) is 12.3 Å². The maximum atomic E-state index is 9.43. The number of pyridine rings is 1. The minimum absolute atomic E-state index is 0.0376. The average molecular weight is 188 g/mol. The lowest BCUT2D eigenvalue weighted by Crippen LogP contribution is -1.96. The number of nitrogens with zero attached hydrogens (tertiary/aromatic N) is 1. The third kappa shape index (κ3) is 1.52. The van der Waals surface area contributed by atoms with Gasteiger partial charge in [-0.2, -0.15) is 0 Å². The Balaban J connectivity index is 3.25. The van der Waals surface area contributed by atoms with Crippen molar-refractivity contribution in [1.82, 2.24) is 4.98 Å². The standard InChI is InChI=1S/C8H10ClNO2/c1-5-8(12)7(4-11)6(2-9)3-10-5/h3,11-12H,2,4H2,1H3. The van der Waals surface area contributed by atoms with Gasteiger partial charge in [-0.05, 0) is 12.5 Å². The molecule has 4 heteroatoms. The molecule has 0 spiro atoms. The number of halogens is 1. The van der Waals surface area contributed by atoms with Gasteiger partial charge >= 0.3 is 0 Å². The van der Waals surface area contributed by atoms with Gasteiger partial charge in [0, 0.05) is 17.6 Å². The number of aromatic nitrogens is 1. The molecule has 0 saturated carbocycles. The van der Waals surface area contributed by atoms with Crippen molar-refractivity contribution in [3.05, 3.63) is 23.0 Å². The lowest BCUT2D eigenvalue weighted by Gasteiger charge is -2.07. The Bertz CT molecular complexity index is 289. The molecule has 1 rings (SSSR count). The topological polar surface area (TPSA) is 53.4 Å². The quantitative estimate of drug-likeness (QED) is 0.687. The third-order valence-corrected chi connectivity index (χ3v) is 2.02. The van der Waals surface area contributed by atoms with Crippen LogP contribution in [0.4, 0.5) is 0 Å². The fourth-order valence-electron chi connectivity index (χ4n) is 0.976. The zero-order chi connectivity index (χ0) is 9.14. The van der Waals surface area contributed by atoms with Crippen molar-refractivity contribution in [2.75, 3.05) is 0 Å². The van der Waals surface area contributed by atoms with Gasteiger partial charge in [-0.25, -0.2) is 0 Å². The van der Waals surface area contributed by atoms with Crippen LogP contribution in [0.25, 0.3) is 0 Å². The molecule has 0 aliphatic rings. The summed E-state index contributed by atoms with van der Waals surface area (Å²) < 4.78 is 0. The molecule has 0 aliphatic heterocycles. The molecule has 0 unspecified atom stereocenters. The molecular weight excluding hydrogens is 178 g/mol. The van der Waals surface area contributed by atoms with E-state index < -0.39 is 0 Å². The lowest BCUT2D eigenvalue weighted by atomic mass is 10.1. The molecule has 66 valence electrons. The van der Waals surface area contributed by atoms with Crippen LogP contribution in [0.1, 0.15) is 16.8 Å². The van der Waals surface area contributed by atoms with Gasteiger partial charge in [0.25, 0.3) is 0 Å². The smallest absolute Gasteiger partial charge is 0.142 e. The molecule has 0 bridgehead atoms. The highest BCUT2D eigenvalue weighted by atomic mass is 35.5. The van der Waals surface area contributed by atoms with Crippen molar-refractivity contribution in [3.63, 3.8) is 0 Å². The van der Waals surface area contributed by atoms with Gasteiger partial charge in [-0.1, -0.05) is 0 Å². The van der Waals surface area contributed by atoms with E-state index in [0.29, 0.717) is 16.8 Å². The Labute approximate surface area is 75.6 Å². The summed E-state index contributed by atoms with van der Waals surface area (Å²) in [6.07, 6.45) is 1.56. The number of aryl methyl sites for hydroxylation is 1. The molecule has 0 atom stereocenters. The van der Waals surface area contributed by atoms with E-state index in [1.165, 1.54) is 0 Å². The van der Waals surface area contributed by atoms with E-state index in [9.17, 15) is 5.11 Å². The van der Waals surface area contributed by atoms with Gasteiger partial charge in [-0.3, -0.25) is 4.98 Å². The molecule has 1 aromatic rings. The summed E-state index contributed by atoms with van der Waals surface area (Å²) in [6.45, 7) is 1.46. The fraction of sp³-hybridized carbons (Fsp3) is 0.375. The molecule has 1 aromatic heterocycles. The summed E-state index contributed by atoms with van der Waals surface area (Å²) >= 11 is 5.57. The molecule has 3 nitrogen and oxygen atoms in total. The van der Waals surface area contributed by atoms with E-state index in [-0.39, 0.29) is 18.2 Å². The maximum absolute atomic E-state index is 9.43. The third-order valence-electron chi connectivity index (χ3n) is 1.73. The van der Waals surface area contributed by atoms with Crippen LogP contribution in [0.3, 0.4) is 0 Å². The first-order valence-electron chi connectivity index (χ1n) is 3.53. The van der Waals surface area contributed by atoms with Gasteiger partial charge < -0.3 is 10.2 Å². The van der Waals surface area contributed by atoms with Crippen LogP contribution >= 0.6 is 11.6 Å². The van der Waals surface area contributed by atoms with E-state index in [2.05, 4.69) is 4.98 Å². The van der Waals surface area contributed by atoms with Gasteiger partial charge in [0.2, 0.25) is 0 Å². The molecule has 0 aromatic carbocycles. The molecular formula is C8H10ClNO2. The van der Waals surface area contributed by atoms with Crippen LogP contribution in [0.15, 0.2) is 6.20 Å². The minimum Gasteiger partial charge on any atom is -0.506 e. The van der Waals surface area contributed by atoms with Crippen molar-refractivity contribution in [1.29, 1.82) is 0 Å². The Kier molecular flexibility index (Phi) is 2.89. The highest BCUT2D eigenvalue weighted by Crippen LogP contribution is 2.24. The minimum atomic E-state index is -0.211. The van der Waals surface area contributed by atoms with Crippen LogP contribution in [-0.2, 0) is 12.5 Å². The molecule has 2 N–H and O–H groups in total. The van der Waals surface area contributed by atoms with Crippen molar-refractivity contribution < 1.29 is 10.2 Å². The zero-order valence-corrected chi connectivity index (χ0v) is 7.47. The SMILES string of the molecule is Cc1ncc(CCl)c(CO)c1O. The summed E-state index contributed by atoms with van der Waals surface area (Å²) in [5.41, 5.74) is 1.65. The first-order chi connectivity index (χ1) is 5.70. The second kappa shape index (κ2) is 3.74. The number of rotatable bonds is 2. The van der Waals surface area contributed by atoms with Crippen LogP contribution in [0.5, 0.6) is 5.75 Å². The molecule has 0 saturated heterocycles. The molecule has 1 heterocycles. The van der Waals surface area contributed by atoms with Crippen molar-refractivity contribution in [2.45, 2.75) is 19.4 Å². The second-order valence-corrected chi connectivity index (χ2v) is 2.76. The van der Waals surface area contributed by atoms with Crippen LogP contribution in [-0.4, -0.2) is 15.2 Å². The normalized spacial score (nSPS) is 10.2. The summed E-state index contributed by atoms with van der Waals surface area (Å²) in [5.74, 6) is 0.284. The van der Waals surface area contributed by atoms with Gasteiger partial charge in [0.15, 0.2) is 0 Å². The lowest BCUT2D eigenvalue weighted by molar-refractivity contribution is 0.274. The van der Waals surface area contributed by atoms with Crippen molar-refractivity contribution in [3.8, 4) is 5.75 Å². The largest absolute Gasteiger partial charge is 0.506 e. The first-order valence-corrected chi connectivity index (χ1v) is 4.07. The second-order valence-electron chi connectivity index (χ2n) is 2.49. The number of aromatic hydroxyl groups is 1. The maximum Gasteiger partial charge on any atom is 0.142 e. The molecule has 0 radical (unpaired) electrons. The molecule has 0 aliphatic carbocycles. The predicted octanol–water partition coefficient (Wildman–Crippen LogP) is 1.33. The predicted molar refractivity (Wildman–Crippen MR) is 46.1 cm³/mol. The van der Waals surface area contributed by atoms with E-state index >= 15 is 0 Å². The summed E-state index contributed by atoms with van der Waals surface area (Å²) in [4.78, 5) is 3.91. The molecule has 0 fully saturated rings. The van der Waals surface area contributed by atoms with E-state index in [0.717, 1.165) is 0 Å². The Morgan fingerprint density at radius 2 is 2.25 bits per heavy atom. The average Bonchev–Trinajstić information content (AvgIpc) is 2.09. The van der Waals surface area contributed by atoms with Gasteiger partial charge in [-0.15, -0.1) is 11.6 Å². The Hall–Kier alpha value is -0.800. The van der Waals surface area contributed by atoms with E-state index in [1.807, 2.05) is 0 Å². The van der Waals surface area contributed by atoms with Crippen LogP contribution < -0.4 is 0 Å². The van der Waals surface area contributed by atoms with E-state index in [1.54, 1.807) is 13.1 Å². The highest BCUT2D eigenvalue weighted by Gasteiger charge is 2.09. The Morgan fingerprint density at radius 3 is 2.75 bits per heavy atom. The highest BCUT2D eigenvalue weighted by molar-refractivity contribution is 6.17. The number of alkyl halides is 1. The summed E-state index contributed by atoms with van der Waals surface area (Å²) in [6, 6.07) is 0.